The Kier molecular flexibility index (Phi) is 3.87. The van der Waals surface area contributed by atoms with Crippen molar-refractivity contribution in [2.45, 2.75) is 6.10 Å². The van der Waals surface area contributed by atoms with E-state index in [9.17, 15) is 4.79 Å². The molecule has 8 heteroatoms. The maximum atomic E-state index is 12.5. The molecule has 0 unspecified atom stereocenters. The zero-order valence-corrected chi connectivity index (χ0v) is 13.4. The van der Waals surface area contributed by atoms with Gasteiger partial charge in [0, 0.05) is 30.4 Å². The lowest BCUT2D eigenvalue weighted by Crippen LogP contribution is -2.56. The largest absolute Gasteiger partial charge is 0.456 e. The number of nitrogens with zero attached hydrogens (tertiary/aromatic N) is 5. The first kappa shape index (κ1) is 14.7. The zero-order chi connectivity index (χ0) is 16.4. The van der Waals surface area contributed by atoms with Gasteiger partial charge in [-0.25, -0.2) is 15.0 Å². The van der Waals surface area contributed by atoms with Crippen molar-refractivity contribution < 1.29 is 9.53 Å². The van der Waals surface area contributed by atoms with Gasteiger partial charge < -0.3 is 9.64 Å². The molecule has 3 aromatic heterocycles. The van der Waals surface area contributed by atoms with E-state index in [1.807, 2.05) is 12.1 Å². The van der Waals surface area contributed by atoms with Crippen molar-refractivity contribution in [3.63, 3.8) is 0 Å². The van der Waals surface area contributed by atoms with Crippen molar-refractivity contribution in [3.05, 3.63) is 54.1 Å². The lowest BCUT2D eigenvalue weighted by Gasteiger charge is -2.37. The lowest BCUT2D eigenvalue weighted by molar-refractivity contribution is 0.0143. The molecule has 4 heterocycles. The van der Waals surface area contributed by atoms with Crippen molar-refractivity contribution in [1.29, 1.82) is 0 Å². The topological polar surface area (TPSA) is 81.1 Å². The van der Waals surface area contributed by atoms with E-state index in [2.05, 4.69) is 19.9 Å². The molecular formula is C16H13N5O2S. The Balaban J connectivity index is 1.37. The number of likely N-dealkylation sites (tertiary alicyclic amines) is 1. The molecule has 0 aliphatic carbocycles. The summed E-state index contributed by atoms with van der Waals surface area (Å²) in [6.07, 6.45) is 8.24. The molecule has 0 N–H and O–H groups in total. The van der Waals surface area contributed by atoms with Crippen molar-refractivity contribution in [2.75, 3.05) is 13.1 Å². The summed E-state index contributed by atoms with van der Waals surface area (Å²) >= 11 is 1.37. The van der Waals surface area contributed by atoms with E-state index in [4.69, 9.17) is 4.74 Å². The summed E-state index contributed by atoms with van der Waals surface area (Å²) < 4.78 is 5.60. The molecule has 4 rings (SSSR count). The van der Waals surface area contributed by atoms with Gasteiger partial charge in [0.1, 0.15) is 16.0 Å². The maximum Gasteiger partial charge on any atom is 0.316 e. The first-order valence-electron chi connectivity index (χ1n) is 7.39. The predicted octanol–water partition coefficient (Wildman–Crippen LogP) is 1.90. The first-order valence-corrected chi connectivity index (χ1v) is 8.20. The molecule has 1 saturated heterocycles. The van der Waals surface area contributed by atoms with Crippen molar-refractivity contribution in [1.82, 2.24) is 24.8 Å². The quantitative estimate of drug-likeness (QED) is 0.722. The Labute approximate surface area is 142 Å². The number of ether oxygens (including phenoxy) is 1. The highest BCUT2D eigenvalue weighted by atomic mass is 32.1. The standard InChI is InChI=1S/C16H13N5O2S/c22-15(13-8-20-14(24-13)11-3-1-4-17-7-11)21-9-12(10-21)23-16-18-5-2-6-19-16/h1-8,12H,9-10H2. The number of carbonyl (C=O) groups is 1. The molecule has 1 aliphatic rings. The number of thiazole rings is 1. The molecule has 7 nitrogen and oxygen atoms in total. The van der Waals surface area contributed by atoms with Gasteiger partial charge in [0.15, 0.2) is 0 Å². The van der Waals surface area contributed by atoms with Crippen LogP contribution in [0.2, 0.25) is 0 Å². The lowest BCUT2D eigenvalue weighted by atomic mass is 10.1. The van der Waals surface area contributed by atoms with Gasteiger partial charge in [-0.2, -0.15) is 0 Å². The molecule has 0 radical (unpaired) electrons. The van der Waals surface area contributed by atoms with E-state index in [0.29, 0.717) is 24.0 Å². The number of hydrogen-bond acceptors (Lipinski definition) is 7. The molecule has 120 valence electrons. The number of pyridine rings is 1. The summed E-state index contributed by atoms with van der Waals surface area (Å²) in [4.78, 5) is 31.2. The van der Waals surface area contributed by atoms with Crippen LogP contribution >= 0.6 is 11.3 Å². The van der Waals surface area contributed by atoms with Crippen LogP contribution in [0.15, 0.2) is 49.2 Å². The van der Waals surface area contributed by atoms with Gasteiger partial charge in [0.05, 0.1) is 19.3 Å². The van der Waals surface area contributed by atoms with E-state index in [0.717, 1.165) is 10.6 Å². The van der Waals surface area contributed by atoms with Crippen LogP contribution in [-0.4, -0.2) is 49.9 Å². The third kappa shape index (κ3) is 2.95. The number of amides is 1. The molecular weight excluding hydrogens is 326 g/mol. The average molecular weight is 339 g/mol. The smallest absolute Gasteiger partial charge is 0.316 e. The Morgan fingerprint density at radius 1 is 1.12 bits per heavy atom. The van der Waals surface area contributed by atoms with Crippen LogP contribution in [0, 0.1) is 0 Å². The van der Waals surface area contributed by atoms with Gasteiger partial charge in [-0.1, -0.05) is 0 Å². The number of aromatic nitrogens is 4. The molecule has 1 amide bonds. The fourth-order valence-corrected chi connectivity index (χ4v) is 3.20. The molecule has 0 atom stereocenters. The highest BCUT2D eigenvalue weighted by Crippen LogP contribution is 2.26. The van der Waals surface area contributed by atoms with E-state index in [1.165, 1.54) is 11.3 Å². The predicted molar refractivity (Wildman–Crippen MR) is 87.7 cm³/mol. The van der Waals surface area contributed by atoms with Gasteiger partial charge in [0.2, 0.25) is 0 Å². The molecule has 0 bridgehead atoms. The molecule has 1 fully saturated rings. The van der Waals surface area contributed by atoms with Crippen LogP contribution < -0.4 is 4.74 Å². The molecule has 0 aromatic carbocycles. The molecule has 24 heavy (non-hydrogen) atoms. The Bertz CT molecular complexity index is 834. The average Bonchev–Trinajstić information content (AvgIpc) is 3.09. The van der Waals surface area contributed by atoms with Gasteiger partial charge >= 0.3 is 6.01 Å². The van der Waals surface area contributed by atoms with Crippen LogP contribution in [0.3, 0.4) is 0 Å². The summed E-state index contributed by atoms with van der Waals surface area (Å²) in [6, 6.07) is 5.84. The highest BCUT2D eigenvalue weighted by molar-refractivity contribution is 7.16. The highest BCUT2D eigenvalue weighted by Gasteiger charge is 2.34. The van der Waals surface area contributed by atoms with Crippen molar-refractivity contribution >= 4 is 17.2 Å². The second-order valence-corrected chi connectivity index (χ2v) is 6.28. The summed E-state index contributed by atoms with van der Waals surface area (Å²) in [6.45, 7) is 1.05. The summed E-state index contributed by atoms with van der Waals surface area (Å²) in [7, 11) is 0. The van der Waals surface area contributed by atoms with Crippen molar-refractivity contribution in [3.8, 4) is 16.6 Å². The van der Waals surface area contributed by atoms with E-state index >= 15 is 0 Å². The second-order valence-electron chi connectivity index (χ2n) is 5.25. The Morgan fingerprint density at radius 2 is 1.96 bits per heavy atom. The summed E-state index contributed by atoms with van der Waals surface area (Å²) in [5.74, 6) is -0.0310. The van der Waals surface area contributed by atoms with Crippen LogP contribution in [0.4, 0.5) is 0 Å². The van der Waals surface area contributed by atoms with Crippen molar-refractivity contribution in [2.24, 2.45) is 0 Å². The fraction of sp³-hybridized carbons (Fsp3) is 0.188. The third-order valence-electron chi connectivity index (χ3n) is 3.57. The molecule has 0 spiro atoms. The number of hydrogen-bond donors (Lipinski definition) is 0. The van der Waals surface area contributed by atoms with E-state index in [-0.39, 0.29) is 12.0 Å². The molecule has 1 aliphatic heterocycles. The minimum Gasteiger partial charge on any atom is -0.456 e. The molecule has 0 saturated carbocycles. The van der Waals surface area contributed by atoms with Crippen LogP contribution in [-0.2, 0) is 0 Å². The monoisotopic (exact) mass is 339 g/mol. The van der Waals surface area contributed by atoms with Crippen LogP contribution in [0.5, 0.6) is 6.01 Å². The molecule has 3 aromatic rings. The van der Waals surface area contributed by atoms with E-state index < -0.39 is 0 Å². The minimum absolute atomic E-state index is 0.0310. The zero-order valence-electron chi connectivity index (χ0n) is 12.6. The minimum atomic E-state index is -0.0675. The second kappa shape index (κ2) is 6.32. The summed E-state index contributed by atoms with van der Waals surface area (Å²) in [5, 5.41) is 0.789. The summed E-state index contributed by atoms with van der Waals surface area (Å²) in [5.41, 5.74) is 0.910. The van der Waals surface area contributed by atoms with Gasteiger partial charge in [0.25, 0.3) is 5.91 Å². The number of carbonyl (C=O) groups excluding carboxylic acids is 1. The van der Waals surface area contributed by atoms with Crippen LogP contribution in [0.1, 0.15) is 9.67 Å². The maximum absolute atomic E-state index is 12.5. The Hall–Kier alpha value is -2.87. The van der Waals surface area contributed by atoms with Gasteiger partial charge in [-0.05, 0) is 18.2 Å². The van der Waals surface area contributed by atoms with Crippen LogP contribution in [0.25, 0.3) is 10.6 Å². The normalized spacial score (nSPS) is 14.2. The Morgan fingerprint density at radius 3 is 2.71 bits per heavy atom. The number of rotatable bonds is 4. The third-order valence-corrected chi connectivity index (χ3v) is 4.61. The SMILES string of the molecule is O=C(c1cnc(-c2cccnc2)s1)N1CC(Oc2ncccn2)C1. The fourth-order valence-electron chi connectivity index (χ4n) is 2.33. The van der Waals surface area contributed by atoms with E-state index in [1.54, 1.807) is 42.0 Å². The van der Waals surface area contributed by atoms with Gasteiger partial charge in [-0.15, -0.1) is 11.3 Å². The first-order chi connectivity index (χ1) is 11.8. The van der Waals surface area contributed by atoms with Gasteiger partial charge in [-0.3, -0.25) is 9.78 Å².